The van der Waals surface area contributed by atoms with Crippen LogP contribution in [0.3, 0.4) is 0 Å². The van der Waals surface area contributed by atoms with Gasteiger partial charge in [-0.15, -0.1) is 0 Å². The highest BCUT2D eigenvalue weighted by molar-refractivity contribution is 7.99. The zero-order valence-electron chi connectivity index (χ0n) is 10.5. The molecule has 0 spiro atoms. The molecule has 4 nitrogen and oxygen atoms in total. The molecule has 0 saturated carbocycles. The predicted octanol–water partition coefficient (Wildman–Crippen LogP) is 2.28. The van der Waals surface area contributed by atoms with Crippen LogP contribution in [-0.2, 0) is 18.6 Å². The van der Waals surface area contributed by atoms with Crippen LogP contribution in [0.2, 0.25) is 0 Å². The summed E-state index contributed by atoms with van der Waals surface area (Å²) in [4.78, 5) is 9.17. The fraction of sp³-hybridized carbons (Fsp3) is 0.667. The number of hydrogen-bond donors (Lipinski definition) is 2. The number of nitrogens with two attached hydrogens (primary N) is 1. The number of thioether (sulfide) groups is 1. The van der Waals surface area contributed by atoms with Crippen LogP contribution in [0.4, 0.5) is 5.82 Å². The van der Waals surface area contributed by atoms with Crippen molar-refractivity contribution in [2.24, 2.45) is 5.84 Å². The van der Waals surface area contributed by atoms with Gasteiger partial charge < -0.3 is 5.43 Å². The number of rotatable bonds is 4. The fourth-order valence-corrected chi connectivity index (χ4v) is 2.68. The van der Waals surface area contributed by atoms with Crippen molar-refractivity contribution < 1.29 is 0 Å². The van der Waals surface area contributed by atoms with Gasteiger partial charge in [-0.1, -0.05) is 13.8 Å². The molecule has 2 rings (SSSR count). The first kappa shape index (κ1) is 12.6. The molecule has 0 saturated heterocycles. The quantitative estimate of drug-likeness (QED) is 0.636. The normalized spacial score (nSPS) is 14.8. The Labute approximate surface area is 107 Å². The van der Waals surface area contributed by atoms with E-state index in [4.69, 9.17) is 5.84 Å². The number of hydrogen-bond acceptors (Lipinski definition) is 5. The van der Waals surface area contributed by atoms with Gasteiger partial charge in [0, 0.05) is 11.3 Å². The summed E-state index contributed by atoms with van der Waals surface area (Å²) in [5, 5.41) is 0.601. The van der Waals surface area contributed by atoms with Crippen molar-refractivity contribution in [2.45, 2.75) is 50.5 Å². The number of hydrazine groups is 1. The summed E-state index contributed by atoms with van der Waals surface area (Å²) in [6.45, 7) is 4.37. The van der Waals surface area contributed by atoms with Crippen molar-refractivity contribution in [2.75, 3.05) is 5.43 Å². The lowest BCUT2D eigenvalue weighted by atomic mass is 9.96. The highest BCUT2D eigenvalue weighted by Crippen LogP contribution is 2.26. The van der Waals surface area contributed by atoms with Gasteiger partial charge in [-0.25, -0.2) is 15.8 Å². The van der Waals surface area contributed by atoms with E-state index in [1.54, 1.807) is 0 Å². The summed E-state index contributed by atoms with van der Waals surface area (Å²) < 4.78 is 0. The van der Waals surface area contributed by atoms with Gasteiger partial charge in [0.25, 0.3) is 0 Å². The van der Waals surface area contributed by atoms with Gasteiger partial charge in [-0.05, 0) is 30.9 Å². The number of nitrogen functional groups attached to an aromatic ring is 1. The second kappa shape index (κ2) is 5.69. The Bertz CT molecular complexity index is 375. The Kier molecular flexibility index (Phi) is 4.23. The largest absolute Gasteiger partial charge is 0.308 e. The second-order valence-electron chi connectivity index (χ2n) is 4.62. The molecule has 0 atom stereocenters. The molecule has 0 radical (unpaired) electrons. The van der Waals surface area contributed by atoms with E-state index in [9.17, 15) is 0 Å². The van der Waals surface area contributed by atoms with Crippen LogP contribution in [-0.4, -0.2) is 15.2 Å². The lowest BCUT2D eigenvalue weighted by Gasteiger charge is -2.18. The van der Waals surface area contributed by atoms with Crippen LogP contribution >= 0.6 is 11.8 Å². The van der Waals surface area contributed by atoms with Crippen LogP contribution in [0, 0.1) is 0 Å². The monoisotopic (exact) mass is 252 g/mol. The van der Waals surface area contributed by atoms with Crippen molar-refractivity contribution in [3.05, 3.63) is 17.1 Å². The molecule has 0 aromatic carbocycles. The molecule has 1 aliphatic rings. The van der Waals surface area contributed by atoms with E-state index in [0.29, 0.717) is 5.25 Å². The van der Waals surface area contributed by atoms with Crippen molar-refractivity contribution >= 4 is 17.6 Å². The van der Waals surface area contributed by atoms with Crippen molar-refractivity contribution in [1.82, 2.24) is 9.97 Å². The molecule has 94 valence electrons. The molecular formula is C12H20N4S. The van der Waals surface area contributed by atoms with Gasteiger partial charge in [0.1, 0.15) is 11.6 Å². The SMILES string of the molecule is CC(C)SCc1nc2c(c(NN)n1)CCCC2. The minimum atomic E-state index is 0.601. The Hall–Kier alpha value is -0.810. The zero-order valence-corrected chi connectivity index (χ0v) is 11.3. The van der Waals surface area contributed by atoms with E-state index in [-0.39, 0.29) is 0 Å². The van der Waals surface area contributed by atoms with Crippen LogP contribution in [0.15, 0.2) is 0 Å². The first-order valence-electron chi connectivity index (χ1n) is 6.17. The van der Waals surface area contributed by atoms with Crippen LogP contribution < -0.4 is 11.3 Å². The van der Waals surface area contributed by atoms with Crippen LogP contribution in [0.1, 0.15) is 43.8 Å². The summed E-state index contributed by atoms with van der Waals surface area (Å²) in [5.74, 6) is 8.14. The third-order valence-electron chi connectivity index (χ3n) is 2.91. The molecule has 1 aromatic rings. The molecule has 0 amide bonds. The summed E-state index contributed by atoms with van der Waals surface area (Å²) in [6.07, 6.45) is 4.55. The molecule has 3 N–H and O–H groups in total. The molecular weight excluding hydrogens is 232 g/mol. The number of anilines is 1. The Morgan fingerprint density at radius 1 is 1.29 bits per heavy atom. The van der Waals surface area contributed by atoms with Gasteiger partial charge in [0.2, 0.25) is 0 Å². The van der Waals surface area contributed by atoms with E-state index in [1.807, 2.05) is 11.8 Å². The molecule has 1 heterocycles. The van der Waals surface area contributed by atoms with Gasteiger partial charge >= 0.3 is 0 Å². The van der Waals surface area contributed by atoms with E-state index in [2.05, 4.69) is 29.2 Å². The van der Waals surface area contributed by atoms with Crippen molar-refractivity contribution in [3.63, 3.8) is 0 Å². The minimum Gasteiger partial charge on any atom is -0.308 e. The Morgan fingerprint density at radius 2 is 2.06 bits per heavy atom. The van der Waals surface area contributed by atoms with E-state index in [1.165, 1.54) is 24.1 Å². The first-order valence-corrected chi connectivity index (χ1v) is 7.22. The number of fused-ring (bicyclic) bond motifs is 1. The number of aromatic nitrogens is 2. The lowest BCUT2D eigenvalue weighted by Crippen LogP contribution is -2.18. The Balaban J connectivity index is 2.23. The summed E-state index contributed by atoms with van der Waals surface area (Å²) in [7, 11) is 0. The lowest BCUT2D eigenvalue weighted by molar-refractivity contribution is 0.659. The van der Waals surface area contributed by atoms with Crippen LogP contribution in [0.25, 0.3) is 0 Å². The molecule has 1 aliphatic carbocycles. The third kappa shape index (κ3) is 3.10. The third-order valence-corrected chi connectivity index (χ3v) is 4.00. The smallest absolute Gasteiger partial charge is 0.147 e. The maximum absolute atomic E-state index is 5.55. The standard InChI is InChI=1S/C12H20N4S/c1-8(2)17-7-11-14-10-6-4-3-5-9(10)12(15-11)16-13/h8H,3-7,13H2,1-2H3,(H,14,15,16). The molecule has 0 bridgehead atoms. The van der Waals surface area contributed by atoms with Gasteiger partial charge in [0.05, 0.1) is 5.75 Å². The molecule has 1 aromatic heterocycles. The molecule has 5 heteroatoms. The molecule has 17 heavy (non-hydrogen) atoms. The van der Waals surface area contributed by atoms with Gasteiger partial charge in [0.15, 0.2) is 0 Å². The van der Waals surface area contributed by atoms with E-state index in [0.717, 1.165) is 30.2 Å². The highest BCUT2D eigenvalue weighted by Gasteiger charge is 2.17. The maximum atomic E-state index is 5.55. The second-order valence-corrected chi connectivity index (χ2v) is 6.19. The number of nitrogens with one attached hydrogen (secondary N) is 1. The maximum Gasteiger partial charge on any atom is 0.147 e. The average molecular weight is 252 g/mol. The fourth-order valence-electron chi connectivity index (χ4n) is 2.07. The first-order chi connectivity index (χ1) is 8.20. The molecule has 0 unspecified atom stereocenters. The molecule has 0 fully saturated rings. The minimum absolute atomic E-state index is 0.601. The summed E-state index contributed by atoms with van der Waals surface area (Å²) in [5.41, 5.74) is 5.14. The topological polar surface area (TPSA) is 63.8 Å². The van der Waals surface area contributed by atoms with E-state index >= 15 is 0 Å². The van der Waals surface area contributed by atoms with Gasteiger partial charge in [-0.3, -0.25) is 0 Å². The summed E-state index contributed by atoms with van der Waals surface area (Å²) in [6, 6.07) is 0. The van der Waals surface area contributed by atoms with E-state index < -0.39 is 0 Å². The Morgan fingerprint density at radius 3 is 2.76 bits per heavy atom. The number of nitrogens with zero attached hydrogens (tertiary/aromatic N) is 2. The molecule has 0 aliphatic heterocycles. The van der Waals surface area contributed by atoms with Crippen molar-refractivity contribution in [3.8, 4) is 0 Å². The van der Waals surface area contributed by atoms with Gasteiger partial charge in [-0.2, -0.15) is 11.8 Å². The van der Waals surface area contributed by atoms with Crippen molar-refractivity contribution in [1.29, 1.82) is 0 Å². The average Bonchev–Trinajstić information content (AvgIpc) is 2.35. The summed E-state index contributed by atoms with van der Waals surface area (Å²) >= 11 is 1.86. The predicted molar refractivity (Wildman–Crippen MR) is 72.9 cm³/mol. The highest BCUT2D eigenvalue weighted by atomic mass is 32.2. The number of aryl methyl sites for hydroxylation is 1. The zero-order chi connectivity index (χ0) is 12.3. The van der Waals surface area contributed by atoms with Crippen LogP contribution in [0.5, 0.6) is 0 Å².